The number of hydrogen-bond acceptors (Lipinski definition) is 6. The Morgan fingerprint density at radius 1 is 1.38 bits per heavy atom. The Morgan fingerprint density at radius 3 is 2.88 bits per heavy atom. The third-order valence-corrected chi connectivity index (χ3v) is 3.31. The Bertz CT molecular complexity index is 661. The molecule has 0 saturated heterocycles. The largest absolute Gasteiger partial charge is 0.497 e. The van der Waals surface area contributed by atoms with E-state index in [0.29, 0.717) is 42.3 Å². The smallest absolute Gasteiger partial charge is 0.226 e. The fourth-order valence-corrected chi connectivity index (χ4v) is 2.10. The minimum Gasteiger partial charge on any atom is -0.497 e. The van der Waals surface area contributed by atoms with Crippen LogP contribution in [-0.4, -0.2) is 23.2 Å². The lowest BCUT2D eigenvalue weighted by Gasteiger charge is -2.09. The number of nitrogen functional groups attached to an aromatic ring is 1. The van der Waals surface area contributed by atoms with Crippen molar-refractivity contribution in [2.45, 2.75) is 39.0 Å². The Kier molecular flexibility index (Phi) is 8.05. The predicted octanol–water partition coefficient (Wildman–Crippen LogP) is 3.00. The van der Waals surface area contributed by atoms with Crippen LogP contribution < -0.4 is 15.8 Å². The molecule has 1 aromatic carbocycles. The summed E-state index contributed by atoms with van der Waals surface area (Å²) < 4.78 is 10.3. The first-order valence-electron chi connectivity index (χ1n) is 7.67. The predicted molar refractivity (Wildman–Crippen MR) is 94.5 cm³/mol. The van der Waals surface area contributed by atoms with Gasteiger partial charge in [0, 0.05) is 25.3 Å². The van der Waals surface area contributed by atoms with Gasteiger partial charge in [-0.15, -0.1) is 12.4 Å². The van der Waals surface area contributed by atoms with E-state index >= 15 is 0 Å². The highest BCUT2D eigenvalue weighted by atomic mass is 35.5. The number of carbonyl (C=O) groups is 1. The number of halogens is 1. The van der Waals surface area contributed by atoms with Gasteiger partial charge in [0.25, 0.3) is 0 Å². The third-order valence-electron chi connectivity index (χ3n) is 3.31. The molecule has 132 valence electrons. The summed E-state index contributed by atoms with van der Waals surface area (Å²) in [6, 6.07) is 5.14. The summed E-state index contributed by atoms with van der Waals surface area (Å²) in [5.41, 5.74) is 6.89. The molecule has 0 aliphatic heterocycles. The van der Waals surface area contributed by atoms with Crippen LogP contribution in [0, 0.1) is 0 Å². The van der Waals surface area contributed by atoms with Crippen molar-refractivity contribution >= 4 is 29.7 Å². The number of aryl methyl sites for hydroxylation is 2. The number of nitrogens with zero attached hydrogens (tertiary/aromatic N) is 2. The standard InChI is InChI=1S/C16H22N4O3.ClH/c1-3-5-14-19-16(23-20-14)7-4-6-15(21)18-13-10-11(22-2)8-9-12(13)17;/h8-10H,3-7,17H2,1-2H3,(H,18,21);1H. The van der Waals surface area contributed by atoms with E-state index in [2.05, 4.69) is 22.4 Å². The van der Waals surface area contributed by atoms with Crippen LogP contribution in [0.4, 0.5) is 11.4 Å². The summed E-state index contributed by atoms with van der Waals surface area (Å²) in [5, 5.41) is 6.67. The van der Waals surface area contributed by atoms with Crippen molar-refractivity contribution in [1.29, 1.82) is 0 Å². The van der Waals surface area contributed by atoms with Crippen molar-refractivity contribution in [2.75, 3.05) is 18.2 Å². The summed E-state index contributed by atoms with van der Waals surface area (Å²) in [5.74, 6) is 1.82. The van der Waals surface area contributed by atoms with Gasteiger partial charge in [-0.2, -0.15) is 4.98 Å². The van der Waals surface area contributed by atoms with Crippen molar-refractivity contribution in [1.82, 2.24) is 10.1 Å². The average molecular weight is 355 g/mol. The quantitative estimate of drug-likeness (QED) is 0.706. The van der Waals surface area contributed by atoms with Crippen molar-refractivity contribution in [3.05, 3.63) is 29.9 Å². The van der Waals surface area contributed by atoms with Crippen molar-refractivity contribution in [2.24, 2.45) is 0 Å². The number of nitrogens with two attached hydrogens (primary N) is 1. The van der Waals surface area contributed by atoms with E-state index in [-0.39, 0.29) is 18.3 Å². The summed E-state index contributed by atoms with van der Waals surface area (Å²) in [7, 11) is 1.56. The van der Waals surface area contributed by atoms with Gasteiger partial charge >= 0.3 is 0 Å². The number of carbonyl (C=O) groups excluding carboxylic acids is 1. The molecule has 1 heterocycles. The molecule has 1 amide bonds. The van der Waals surface area contributed by atoms with Crippen LogP contribution in [0.3, 0.4) is 0 Å². The van der Waals surface area contributed by atoms with Crippen LogP contribution in [0.25, 0.3) is 0 Å². The van der Waals surface area contributed by atoms with Gasteiger partial charge in [-0.1, -0.05) is 12.1 Å². The minimum atomic E-state index is -0.113. The van der Waals surface area contributed by atoms with Gasteiger partial charge in [-0.3, -0.25) is 4.79 Å². The van der Waals surface area contributed by atoms with Crippen LogP contribution >= 0.6 is 12.4 Å². The average Bonchev–Trinajstić information content (AvgIpc) is 2.97. The summed E-state index contributed by atoms with van der Waals surface area (Å²) in [4.78, 5) is 16.3. The highest BCUT2D eigenvalue weighted by Gasteiger charge is 2.09. The maximum Gasteiger partial charge on any atom is 0.226 e. The van der Waals surface area contributed by atoms with Crippen LogP contribution in [0.5, 0.6) is 5.75 Å². The maximum absolute atomic E-state index is 12.0. The first-order valence-corrected chi connectivity index (χ1v) is 7.67. The van der Waals surface area contributed by atoms with Gasteiger partial charge in [0.05, 0.1) is 18.5 Å². The number of anilines is 2. The van der Waals surface area contributed by atoms with Crippen LogP contribution in [0.2, 0.25) is 0 Å². The van der Waals surface area contributed by atoms with Crippen molar-refractivity contribution in [3.63, 3.8) is 0 Å². The molecule has 24 heavy (non-hydrogen) atoms. The second-order valence-electron chi connectivity index (χ2n) is 5.21. The lowest BCUT2D eigenvalue weighted by Crippen LogP contribution is -2.13. The number of nitrogens with one attached hydrogen (secondary N) is 1. The van der Waals surface area contributed by atoms with E-state index in [1.165, 1.54) is 0 Å². The first-order chi connectivity index (χ1) is 11.1. The van der Waals surface area contributed by atoms with Crippen LogP contribution in [-0.2, 0) is 17.6 Å². The molecular weight excluding hydrogens is 332 g/mol. The monoisotopic (exact) mass is 354 g/mol. The number of hydrogen-bond donors (Lipinski definition) is 2. The van der Waals surface area contributed by atoms with Gasteiger partial charge in [0.2, 0.25) is 11.8 Å². The van der Waals surface area contributed by atoms with Gasteiger partial charge in [-0.25, -0.2) is 0 Å². The molecule has 8 heteroatoms. The molecule has 2 aromatic rings. The number of ether oxygens (including phenoxy) is 1. The van der Waals surface area contributed by atoms with E-state index in [0.717, 1.165) is 18.7 Å². The van der Waals surface area contributed by atoms with Gasteiger partial charge in [-0.05, 0) is 25.0 Å². The molecule has 0 aliphatic carbocycles. The van der Waals surface area contributed by atoms with E-state index in [1.807, 2.05) is 0 Å². The normalized spacial score (nSPS) is 10.1. The lowest BCUT2D eigenvalue weighted by atomic mass is 10.2. The highest BCUT2D eigenvalue weighted by molar-refractivity contribution is 5.94. The summed E-state index contributed by atoms with van der Waals surface area (Å²) in [6.45, 7) is 2.06. The molecule has 3 N–H and O–H groups in total. The first kappa shape index (κ1) is 19.8. The zero-order chi connectivity index (χ0) is 16.7. The van der Waals surface area contributed by atoms with E-state index in [1.54, 1.807) is 25.3 Å². The number of amides is 1. The second-order valence-corrected chi connectivity index (χ2v) is 5.21. The van der Waals surface area contributed by atoms with Crippen LogP contribution in [0.1, 0.15) is 37.9 Å². The molecule has 0 aliphatic rings. The van der Waals surface area contributed by atoms with Gasteiger partial charge in [0.1, 0.15) is 5.75 Å². The van der Waals surface area contributed by atoms with Crippen LogP contribution in [0.15, 0.2) is 22.7 Å². The molecular formula is C16H23ClN4O3. The maximum atomic E-state index is 12.0. The number of aromatic nitrogens is 2. The zero-order valence-corrected chi connectivity index (χ0v) is 14.7. The Balaban J connectivity index is 0.00000288. The molecule has 0 unspecified atom stereocenters. The van der Waals surface area contributed by atoms with Gasteiger partial charge < -0.3 is 20.3 Å². The molecule has 7 nitrogen and oxygen atoms in total. The fraction of sp³-hybridized carbons (Fsp3) is 0.438. The lowest BCUT2D eigenvalue weighted by molar-refractivity contribution is -0.116. The zero-order valence-electron chi connectivity index (χ0n) is 13.9. The Morgan fingerprint density at radius 2 is 2.17 bits per heavy atom. The molecule has 1 aromatic heterocycles. The van der Waals surface area contributed by atoms with Crippen molar-refractivity contribution < 1.29 is 14.1 Å². The van der Waals surface area contributed by atoms with Crippen molar-refractivity contribution in [3.8, 4) is 5.75 Å². The third kappa shape index (κ3) is 5.73. The van der Waals surface area contributed by atoms with E-state index < -0.39 is 0 Å². The van der Waals surface area contributed by atoms with E-state index in [4.69, 9.17) is 15.0 Å². The number of benzene rings is 1. The van der Waals surface area contributed by atoms with Gasteiger partial charge in [0.15, 0.2) is 5.82 Å². The highest BCUT2D eigenvalue weighted by Crippen LogP contribution is 2.24. The SMILES string of the molecule is CCCc1noc(CCCC(=O)Nc2cc(OC)ccc2N)n1.Cl. The molecule has 0 atom stereocenters. The topological polar surface area (TPSA) is 103 Å². The Labute approximate surface area is 147 Å². The molecule has 0 spiro atoms. The molecule has 0 bridgehead atoms. The Hall–Kier alpha value is -2.28. The number of methoxy groups -OCH3 is 1. The summed E-state index contributed by atoms with van der Waals surface area (Å²) in [6.07, 6.45) is 3.34. The molecule has 0 fully saturated rings. The summed E-state index contributed by atoms with van der Waals surface area (Å²) >= 11 is 0. The molecule has 2 rings (SSSR count). The number of rotatable bonds is 8. The molecule has 0 saturated carbocycles. The van der Waals surface area contributed by atoms with E-state index in [9.17, 15) is 4.79 Å². The second kappa shape index (κ2) is 9.77. The minimum absolute atomic E-state index is 0. The molecule has 0 radical (unpaired) electrons. The fourth-order valence-electron chi connectivity index (χ4n) is 2.10.